The standard InChI is InChI=1S/C26H30BrCl2NO/c1-24-9-18-10-25(2,14-24)16-26(11-18,15-24)30-12-19-8-20(27)4-6-23(19)31-13-17-3-5-21(28)22(29)7-17/h3-8,18,30H,9-16H2,1-2H3. The smallest absolute Gasteiger partial charge is 0.124 e. The normalized spacial score (nSPS) is 33.6. The second-order valence-electron chi connectivity index (χ2n) is 11.1. The van der Waals surface area contributed by atoms with E-state index in [9.17, 15) is 0 Å². The lowest BCUT2D eigenvalue weighted by atomic mass is 9.43. The summed E-state index contributed by atoms with van der Waals surface area (Å²) in [6, 6.07) is 11.9. The third-order valence-corrected chi connectivity index (χ3v) is 8.91. The minimum atomic E-state index is 0.270. The Hall–Kier alpha value is -0.740. The topological polar surface area (TPSA) is 21.3 Å². The molecule has 2 atom stereocenters. The van der Waals surface area contributed by atoms with Crippen LogP contribution in [-0.2, 0) is 13.2 Å². The number of nitrogens with one attached hydrogen (secondary N) is 1. The lowest BCUT2D eigenvalue weighted by Gasteiger charge is -2.65. The van der Waals surface area contributed by atoms with E-state index in [4.69, 9.17) is 27.9 Å². The highest BCUT2D eigenvalue weighted by Crippen LogP contribution is 2.66. The van der Waals surface area contributed by atoms with Gasteiger partial charge in [0.25, 0.3) is 0 Å². The van der Waals surface area contributed by atoms with Gasteiger partial charge in [0, 0.05) is 22.1 Å². The van der Waals surface area contributed by atoms with E-state index < -0.39 is 0 Å². The number of halogens is 3. The lowest BCUT2D eigenvalue weighted by Crippen LogP contribution is -2.63. The molecule has 4 saturated carbocycles. The van der Waals surface area contributed by atoms with Crippen LogP contribution in [0.5, 0.6) is 5.75 Å². The molecule has 2 nitrogen and oxygen atoms in total. The van der Waals surface area contributed by atoms with Crippen LogP contribution in [0.1, 0.15) is 63.5 Å². The molecule has 4 fully saturated rings. The Morgan fingerprint density at radius 3 is 2.39 bits per heavy atom. The summed E-state index contributed by atoms with van der Waals surface area (Å²) in [5.41, 5.74) is 3.49. The molecule has 0 spiro atoms. The molecule has 4 bridgehead atoms. The summed E-state index contributed by atoms with van der Waals surface area (Å²) in [4.78, 5) is 0. The Bertz CT molecular complexity index is 991. The van der Waals surface area contributed by atoms with Crippen molar-refractivity contribution < 1.29 is 4.74 Å². The summed E-state index contributed by atoms with van der Waals surface area (Å²) in [7, 11) is 0. The third kappa shape index (κ3) is 4.53. The van der Waals surface area contributed by atoms with Crippen molar-refractivity contribution in [1.82, 2.24) is 5.32 Å². The van der Waals surface area contributed by atoms with Gasteiger partial charge in [-0.15, -0.1) is 0 Å². The van der Waals surface area contributed by atoms with Crippen molar-refractivity contribution in [2.75, 3.05) is 0 Å². The summed E-state index contributed by atoms with van der Waals surface area (Å²) in [6.45, 7) is 6.35. The molecule has 2 aromatic rings. The highest BCUT2D eigenvalue weighted by Gasteiger charge is 2.59. The SMILES string of the molecule is CC12CC3CC(C)(C1)CC(NCc1cc(Br)ccc1OCc1ccc(Cl)c(Cl)c1)(C3)C2. The van der Waals surface area contributed by atoms with Gasteiger partial charge in [-0.3, -0.25) is 0 Å². The molecule has 0 saturated heterocycles. The lowest BCUT2D eigenvalue weighted by molar-refractivity contribution is -0.118. The van der Waals surface area contributed by atoms with E-state index in [1.807, 2.05) is 24.3 Å². The fourth-order valence-corrected chi connectivity index (χ4v) is 8.27. The van der Waals surface area contributed by atoms with E-state index in [0.29, 0.717) is 27.5 Å². The molecule has 0 aromatic heterocycles. The van der Waals surface area contributed by atoms with Gasteiger partial charge in [-0.25, -0.2) is 0 Å². The molecule has 1 N–H and O–H groups in total. The van der Waals surface area contributed by atoms with Crippen LogP contribution >= 0.6 is 39.1 Å². The van der Waals surface area contributed by atoms with E-state index in [0.717, 1.165) is 28.2 Å². The summed E-state index contributed by atoms with van der Waals surface area (Å²) in [6.07, 6.45) is 8.17. The molecule has 166 valence electrons. The van der Waals surface area contributed by atoms with Gasteiger partial charge < -0.3 is 10.1 Å². The molecule has 4 aliphatic rings. The molecule has 0 heterocycles. The maximum Gasteiger partial charge on any atom is 0.124 e. The van der Waals surface area contributed by atoms with Crippen molar-refractivity contribution >= 4 is 39.1 Å². The van der Waals surface area contributed by atoms with Gasteiger partial charge in [0.1, 0.15) is 12.4 Å². The van der Waals surface area contributed by atoms with Crippen molar-refractivity contribution in [2.24, 2.45) is 16.7 Å². The Balaban J connectivity index is 1.32. The summed E-state index contributed by atoms with van der Waals surface area (Å²) in [5.74, 6) is 1.80. The number of hydrogen-bond donors (Lipinski definition) is 1. The largest absolute Gasteiger partial charge is 0.489 e. The summed E-state index contributed by atoms with van der Waals surface area (Å²) >= 11 is 15.9. The zero-order valence-electron chi connectivity index (χ0n) is 18.2. The molecular weight excluding hydrogens is 493 g/mol. The van der Waals surface area contributed by atoms with E-state index in [1.165, 1.54) is 44.1 Å². The first-order valence-corrected chi connectivity index (χ1v) is 12.8. The van der Waals surface area contributed by atoms with Crippen LogP contribution in [0.15, 0.2) is 40.9 Å². The predicted molar refractivity (Wildman–Crippen MR) is 132 cm³/mol. The van der Waals surface area contributed by atoms with Crippen LogP contribution < -0.4 is 10.1 Å². The van der Waals surface area contributed by atoms with Crippen molar-refractivity contribution in [3.8, 4) is 5.75 Å². The second-order valence-corrected chi connectivity index (χ2v) is 12.8. The van der Waals surface area contributed by atoms with Crippen LogP contribution in [0.2, 0.25) is 10.0 Å². The average Bonchev–Trinajstić information content (AvgIpc) is 2.65. The van der Waals surface area contributed by atoms with Crippen molar-refractivity contribution in [3.05, 3.63) is 62.0 Å². The Morgan fingerprint density at radius 1 is 0.968 bits per heavy atom. The van der Waals surface area contributed by atoms with Crippen LogP contribution in [0, 0.1) is 16.7 Å². The van der Waals surface area contributed by atoms with Crippen molar-refractivity contribution in [1.29, 1.82) is 0 Å². The molecule has 0 amide bonds. The number of benzene rings is 2. The van der Waals surface area contributed by atoms with E-state index in [1.54, 1.807) is 0 Å². The fraction of sp³-hybridized carbons (Fsp3) is 0.538. The van der Waals surface area contributed by atoms with Gasteiger partial charge in [0.15, 0.2) is 0 Å². The first-order chi connectivity index (χ1) is 14.6. The zero-order chi connectivity index (χ0) is 21.9. The maximum absolute atomic E-state index is 6.22. The highest BCUT2D eigenvalue weighted by atomic mass is 79.9. The van der Waals surface area contributed by atoms with Gasteiger partial charge in [0.2, 0.25) is 0 Å². The van der Waals surface area contributed by atoms with Crippen LogP contribution in [0.25, 0.3) is 0 Å². The number of hydrogen-bond acceptors (Lipinski definition) is 2. The average molecular weight is 523 g/mol. The number of rotatable bonds is 6. The minimum Gasteiger partial charge on any atom is -0.489 e. The fourth-order valence-electron chi connectivity index (χ4n) is 7.55. The van der Waals surface area contributed by atoms with E-state index in [2.05, 4.69) is 47.2 Å². The molecule has 6 rings (SSSR count). The summed E-state index contributed by atoms with van der Waals surface area (Å²) in [5, 5.41) is 5.16. The predicted octanol–water partition coefficient (Wildman–Crippen LogP) is 8.17. The Kier molecular flexibility index (Phi) is 5.65. The molecule has 4 aliphatic carbocycles. The van der Waals surface area contributed by atoms with Gasteiger partial charge in [0.05, 0.1) is 10.0 Å². The van der Waals surface area contributed by atoms with Crippen molar-refractivity contribution in [3.63, 3.8) is 0 Å². The van der Waals surface area contributed by atoms with E-state index in [-0.39, 0.29) is 5.54 Å². The van der Waals surface area contributed by atoms with Gasteiger partial charge in [-0.2, -0.15) is 0 Å². The van der Waals surface area contributed by atoms with Crippen LogP contribution in [0.4, 0.5) is 0 Å². The highest BCUT2D eigenvalue weighted by molar-refractivity contribution is 9.10. The molecular formula is C26H30BrCl2NO. The Morgan fingerprint density at radius 2 is 1.71 bits per heavy atom. The molecule has 2 aromatic carbocycles. The Labute approximate surface area is 204 Å². The molecule has 5 heteroatoms. The van der Waals surface area contributed by atoms with Crippen LogP contribution in [0.3, 0.4) is 0 Å². The van der Waals surface area contributed by atoms with Gasteiger partial charge in [-0.05, 0) is 91.2 Å². The number of ether oxygens (including phenoxy) is 1. The van der Waals surface area contributed by atoms with E-state index >= 15 is 0 Å². The first-order valence-electron chi connectivity index (χ1n) is 11.3. The monoisotopic (exact) mass is 521 g/mol. The third-order valence-electron chi connectivity index (χ3n) is 7.68. The minimum absolute atomic E-state index is 0.270. The van der Waals surface area contributed by atoms with Crippen molar-refractivity contribution in [2.45, 2.75) is 71.1 Å². The van der Waals surface area contributed by atoms with Gasteiger partial charge >= 0.3 is 0 Å². The second kappa shape index (κ2) is 7.94. The quantitative estimate of drug-likeness (QED) is 0.413. The molecule has 31 heavy (non-hydrogen) atoms. The molecule has 2 unspecified atom stereocenters. The molecule has 0 aliphatic heterocycles. The molecule has 0 radical (unpaired) electrons. The zero-order valence-corrected chi connectivity index (χ0v) is 21.3. The summed E-state index contributed by atoms with van der Waals surface area (Å²) < 4.78 is 7.30. The first kappa shape index (κ1) is 22.1. The maximum atomic E-state index is 6.22. The van der Waals surface area contributed by atoms with Crippen LogP contribution in [-0.4, -0.2) is 5.54 Å². The van der Waals surface area contributed by atoms with Gasteiger partial charge in [-0.1, -0.05) is 59.0 Å².